The summed E-state index contributed by atoms with van der Waals surface area (Å²) in [6.45, 7) is -2.59. The van der Waals surface area contributed by atoms with E-state index in [1.165, 1.54) is 23.0 Å². The number of alkyl halides is 2. The zero-order chi connectivity index (χ0) is 14.0. The van der Waals surface area contributed by atoms with Crippen LogP contribution in [-0.2, 0) is 13.6 Å². The Morgan fingerprint density at radius 1 is 1.55 bits per heavy atom. The van der Waals surface area contributed by atoms with Gasteiger partial charge in [-0.05, 0) is 6.07 Å². The molecule has 2 rings (SSSR count). The van der Waals surface area contributed by atoms with Crippen LogP contribution in [-0.4, -0.2) is 25.5 Å². The summed E-state index contributed by atoms with van der Waals surface area (Å²) >= 11 is 0. The van der Waals surface area contributed by atoms with Gasteiger partial charge in [0.2, 0.25) is 0 Å². The minimum absolute atomic E-state index is 0. The lowest BCUT2D eigenvalue weighted by molar-refractivity contribution is 0.0537. The van der Waals surface area contributed by atoms with Crippen LogP contribution in [0.4, 0.5) is 14.6 Å². The van der Waals surface area contributed by atoms with E-state index < -0.39 is 12.5 Å². The van der Waals surface area contributed by atoms with E-state index in [9.17, 15) is 13.6 Å². The zero-order valence-electron chi connectivity index (χ0n) is 10.5. The molecule has 0 aliphatic rings. The maximum Gasteiger partial charge on any atom is 0.333 e. The van der Waals surface area contributed by atoms with Gasteiger partial charge in [-0.3, -0.25) is 9.48 Å². The Hall–Kier alpha value is -2.16. The molecule has 0 spiro atoms. The van der Waals surface area contributed by atoms with Gasteiger partial charge in [0.05, 0.1) is 12.2 Å². The average molecular weight is 307 g/mol. The molecule has 2 aromatic rings. The third-order valence-corrected chi connectivity index (χ3v) is 2.52. The standard InChI is InChI=1S/C10H12F2N6O.ClH/c1-17-7(9(13)19)4-8(16-17)14-5-6-2-3-15-18(6)10(11)12;/h2-4,10H,5H2,1H3,(H2,13,19)(H,14,16);1H. The predicted molar refractivity (Wildman–Crippen MR) is 69.8 cm³/mol. The van der Waals surface area contributed by atoms with Crippen molar-refractivity contribution in [3.05, 3.63) is 29.7 Å². The van der Waals surface area contributed by atoms with E-state index in [0.29, 0.717) is 16.2 Å². The molecule has 0 bridgehead atoms. The fraction of sp³-hybridized carbons (Fsp3) is 0.300. The van der Waals surface area contributed by atoms with Gasteiger partial charge < -0.3 is 11.1 Å². The molecule has 1 amide bonds. The molecule has 0 atom stereocenters. The second-order valence-electron chi connectivity index (χ2n) is 3.80. The number of nitrogens with zero attached hydrogens (tertiary/aromatic N) is 4. The van der Waals surface area contributed by atoms with Crippen molar-refractivity contribution in [2.75, 3.05) is 5.32 Å². The van der Waals surface area contributed by atoms with Crippen LogP contribution in [0.15, 0.2) is 18.3 Å². The number of aromatic nitrogens is 4. The van der Waals surface area contributed by atoms with Crippen molar-refractivity contribution in [2.24, 2.45) is 12.8 Å². The topological polar surface area (TPSA) is 90.8 Å². The van der Waals surface area contributed by atoms with Crippen molar-refractivity contribution in [2.45, 2.75) is 13.1 Å². The van der Waals surface area contributed by atoms with E-state index in [1.807, 2.05) is 0 Å². The van der Waals surface area contributed by atoms with Gasteiger partial charge in [0.25, 0.3) is 5.91 Å². The molecule has 7 nitrogen and oxygen atoms in total. The smallest absolute Gasteiger partial charge is 0.333 e. The highest BCUT2D eigenvalue weighted by molar-refractivity contribution is 5.91. The Morgan fingerprint density at radius 3 is 2.80 bits per heavy atom. The van der Waals surface area contributed by atoms with Crippen molar-refractivity contribution >= 4 is 24.1 Å². The van der Waals surface area contributed by atoms with E-state index in [4.69, 9.17) is 5.73 Å². The average Bonchev–Trinajstić information content (AvgIpc) is 2.92. The Bertz CT molecular complexity index is 596. The Morgan fingerprint density at radius 2 is 2.25 bits per heavy atom. The molecule has 2 heterocycles. The first-order chi connectivity index (χ1) is 8.99. The Balaban J connectivity index is 0.00000200. The number of nitrogens with one attached hydrogen (secondary N) is 1. The summed E-state index contributed by atoms with van der Waals surface area (Å²) in [5.41, 5.74) is 5.68. The quantitative estimate of drug-likeness (QED) is 0.867. The second kappa shape index (κ2) is 6.33. The van der Waals surface area contributed by atoms with Crippen LogP contribution in [0.1, 0.15) is 22.7 Å². The highest BCUT2D eigenvalue weighted by Crippen LogP contribution is 2.14. The first kappa shape index (κ1) is 15.9. The molecular formula is C10H13ClF2N6O. The first-order valence-corrected chi connectivity index (χ1v) is 5.37. The Kier molecular flexibility index (Phi) is 5.03. The SMILES string of the molecule is Cl.Cn1nc(NCc2ccnn2C(F)F)cc1C(N)=O. The van der Waals surface area contributed by atoms with Gasteiger partial charge >= 0.3 is 6.55 Å². The van der Waals surface area contributed by atoms with E-state index in [2.05, 4.69) is 15.5 Å². The van der Waals surface area contributed by atoms with Gasteiger partial charge in [-0.2, -0.15) is 19.0 Å². The number of hydrogen-bond donors (Lipinski definition) is 2. The van der Waals surface area contributed by atoms with Crippen LogP contribution in [0.3, 0.4) is 0 Å². The van der Waals surface area contributed by atoms with Crippen molar-refractivity contribution in [1.29, 1.82) is 0 Å². The number of rotatable bonds is 5. The number of halogens is 3. The molecule has 0 aromatic carbocycles. The molecule has 3 N–H and O–H groups in total. The summed E-state index contributed by atoms with van der Waals surface area (Å²) < 4.78 is 27.0. The molecular weight excluding hydrogens is 294 g/mol. The van der Waals surface area contributed by atoms with Crippen LogP contribution in [0.25, 0.3) is 0 Å². The van der Waals surface area contributed by atoms with Gasteiger partial charge in [0.1, 0.15) is 11.5 Å². The van der Waals surface area contributed by atoms with Gasteiger partial charge in [0, 0.05) is 19.3 Å². The summed E-state index contributed by atoms with van der Waals surface area (Å²) in [7, 11) is 1.56. The minimum Gasteiger partial charge on any atom is -0.364 e. The molecule has 0 unspecified atom stereocenters. The maximum absolute atomic E-state index is 12.6. The third kappa shape index (κ3) is 3.23. The summed E-state index contributed by atoms with van der Waals surface area (Å²) in [4.78, 5) is 11.0. The van der Waals surface area contributed by atoms with Gasteiger partial charge in [-0.25, -0.2) is 4.68 Å². The first-order valence-electron chi connectivity index (χ1n) is 5.37. The van der Waals surface area contributed by atoms with Crippen LogP contribution >= 0.6 is 12.4 Å². The minimum atomic E-state index is -2.70. The molecule has 0 radical (unpaired) electrons. The summed E-state index contributed by atoms with van der Waals surface area (Å²) in [6, 6.07) is 2.92. The van der Waals surface area contributed by atoms with Gasteiger partial charge in [-0.1, -0.05) is 0 Å². The number of nitrogens with two attached hydrogens (primary N) is 1. The maximum atomic E-state index is 12.6. The molecule has 0 aliphatic heterocycles. The third-order valence-electron chi connectivity index (χ3n) is 2.52. The van der Waals surface area contributed by atoms with Crippen molar-refractivity contribution in [1.82, 2.24) is 19.6 Å². The second-order valence-corrected chi connectivity index (χ2v) is 3.80. The van der Waals surface area contributed by atoms with E-state index in [1.54, 1.807) is 7.05 Å². The van der Waals surface area contributed by atoms with Gasteiger partial charge in [0.15, 0.2) is 0 Å². The number of carbonyl (C=O) groups is 1. The molecule has 110 valence electrons. The fourth-order valence-electron chi connectivity index (χ4n) is 1.62. The fourth-order valence-corrected chi connectivity index (χ4v) is 1.62. The predicted octanol–water partition coefficient (Wildman–Crippen LogP) is 1.14. The highest BCUT2D eigenvalue weighted by atomic mass is 35.5. The number of amides is 1. The van der Waals surface area contributed by atoms with Crippen LogP contribution in [0.5, 0.6) is 0 Å². The number of primary amides is 1. The monoisotopic (exact) mass is 306 g/mol. The van der Waals surface area contributed by atoms with Crippen LogP contribution < -0.4 is 11.1 Å². The summed E-state index contributed by atoms with van der Waals surface area (Å²) in [6.07, 6.45) is 1.29. The molecule has 10 heteroatoms. The molecule has 2 aromatic heterocycles. The summed E-state index contributed by atoms with van der Waals surface area (Å²) in [5.74, 6) is -0.237. The molecule has 0 aliphatic carbocycles. The molecule has 0 saturated heterocycles. The largest absolute Gasteiger partial charge is 0.364 e. The molecule has 0 saturated carbocycles. The number of aryl methyl sites for hydroxylation is 1. The molecule has 20 heavy (non-hydrogen) atoms. The van der Waals surface area contributed by atoms with Crippen LogP contribution in [0.2, 0.25) is 0 Å². The molecule has 0 fully saturated rings. The van der Waals surface area contributed by atoms with Crippen molar-refractivity contribution in [3.63, 3.8) is 0 Å². The van der Waals surface area contributed by atoms with Crippen molar-refractivity contribution < 1.29 is 13.6 Å². The number of hydrogen-bond acceptors (Lipinski definition) is 4. The lowest BCUT2D eigenvalue weighted by atomic mass is 10.4. The van der Waals surface area contributed by atoms with Crippen molar-refractivity contribution in [3.8, 4) is 0 Å². The summed E-state index contributed by atoms with van der Waals surface area (Å²) in [5, 5.41) is 10.3. The lowest BCUT2D eigenvalue weighted by Crippen LogP contribution is -2.15. The highest BCUT2D eigenvalue weighted by Gasteiger charge is 2.13. The van der Waals surface area contributed by atoms with E-state index in [-0.39, 0.29) is 24.6 Å². The normalized spacial score (nSPS) is 10.4. The number of carbonyl (C=O) groups excluding carboxylic acids is 1. The lowest BCUT2D eigenvalue weighted by Gasteiger charge is -2.06. The van der Waals surface area contributed by atoms with Gasteiger partial charge in [-0.15, -0.1) is 12.4 Å². The number of anilines is 1. The van der Waals surface area contributed by atoms with Crippen LogP contribution in [0, 0.1) is 0 Å². The van der Waals surface area contributed by atoms with E-state index >= 15 is 0 Å². The zero-order valence-corrected chi connectivity index (χ0v) is 11.3. The Labute approximate surface area is 119 Å². The van der Waals surface area contributed by atoms with E-state index in [0.717, 1.165) is 0 Å².